The Balaban J connectivity index is 1.39. The van der Waals surface area contributed by atoms with E-state index in [4.69, 9.17) is 6.57 Å². The number of carbonyl (C=O) groups excluding carboxylic acids is 2. The van der Waals surface area contributed by atoms with E-state index in [-0.39, 0.29) is 34.9 Å². The Kier molecular flexibility index (Phi) is 7.90. The van der Waals surface area contributed by atoms with Gasteiger partial charge in [0.05, 0.1) is 23.5 Å². The molecule has 0 radical (unpaired) electrons. The minimum Gasteiger partial charge on any atom is -0.357 e. The van der Waals surface area contributed by atoms with E-state index in [0.29, 0.717) is 17.9 Å². The van der Waals surface area contributed by atoms with Crippen molar-refractivity contribution in [1.29, 1.82) is 0 Å². The number of alkyl halides is 3. The molecule has 2 N–H and O–H groups in total. The second-order valence-corrected chi connectivity index (χ2v) is 9.75. The number of anilines is 2. The number of nitrogens with one attached hydrogen (secondary N) is 2. The summed E-state index contributed by atoms with van der Waals surface area (Å²) in [7, 11) is 1.35. The van der Waals surface area contributed by atoms with Crippen LogP contribution in [0.4, 0.5) is 24.5 Å². The molecule has 1 aliphatic rings. The van der Waals surface area contributed by atoms with Crippen LogP contribution in [0.3, 0.4) is 0 Å². The zero-order valence-corrected chi connectivity index (χ0v) is 23.0. The summed E-state index contributed by atoms with van der Waals surface area (Å²) in [6.45, 7) is 9.03. The molecule has 0 bridgehead atoms. The van der Waals surface area contributed by atoms with Gasteiger partial charge in [0, 0.05) is 61.1 Å². The molecule has 1 aliphatic heterocycles. The first-order chi connectivity index (χ1) is 20.5. The number of pyridine rings is 1. The summed E-state index contributed by atoms with van der Waals surface area (Å²) in [4.78, 5) is 42.4. The average Bonchev–Trinajstić information content (AvgIpc) is 3.38. The van der Waals surface area contributed by atoms with Gasteiger partial charge in [0.1, 0.15) is 5.82 Å². The molecule has 9 nitrogen and oxygen atoms in total. The zero-order chi connectivity index (χ0) is 30.7. The second-order valence-electron chi connectivity index (χ2n) is 9.75. The molecule has 0 aliphatic carbocycles. The first-order valence-corrected chi connectivity index (χ1v) is 13.0. The van der Waals surface area contributed by atoms with E-state index >= 15 is 0 Å². The van der Waals surface area contributed by atoms with Gasteiger partial charge in [0.2, 0.25) is 0 Å². The van der Waals surface area contributed by atoms with Gasteiger partial charge >= 0.3 is 6.18 Å². The zero-order valence-electron chi connectivity index (χ0n) is 23.0. The lowest BCUT2D eigenvalue weighted by Crippen LogP contribution is -2.24. The van der Waals surface area contributed by atoms with Crippen molar-refractivity contribution in [1.82, 2.24) is 20.3 Å². The summed E-state index contributed by atoms with van der Waals surface area (Å²) in [5, 5.41) is 5.00. The molecule has 0 saturated heterocycles. The number of halogens is 3. The van der Waals surface area contributed by atoms with E-state index in [9.17, 15) is 22.8 Å². The Morgan fingerprint density at radius 1 is 1.14 bits per heavy atom. The lowest BCUT2D eigenvalue weighted by molar-refractivity contribution is -0.137. The SMILES string of the molecule is [C-]#[N+]C1=C(N(C)c2ccc(NC(=O)c3ccc(C)c(Cc4nccc(-c5cccnc5)n4)c3)cc2C(F)(F)F)CNC1=O. The average molecular weight is 584 g/mol. The van der Waals surface area contributed by atoms with Gasteiger partial charge in [-0.3, -0.25) is 14.6 Å². The standard InChI is InChI=1S/C31H24F3N7O2/c1-18-6-7-19(13-21(18)14-27-37-12-10-24(40-27)20-5-4-11-36-16-20)29(42)39-22-8-9-25(23(15-22)31(32,33)34)41(3)26-17-38-30(43)28(26)35-2/h4-13,15-16H,14,17H2,1,3H3,(H,38,43)(H,39,42). The first-order valence-electron chi connectivity index (χ1n) is 13.0. The quantitative estimate of drug-likeness (QED) is 0.282. The number of nitrogens with zero attached hydrogens (tertiary/aromatic N) is 5. The summed E-state index contributed by atoms with van der Waals surface area (Å²) < 4.78 is 42.4. The fraction of sp³-hybridized carbons (Fsp3) is 0.161. The van der Waals surface area contributed by atoms with Crippen molar-refractivity contribution >= 4 is 23.2 Å². The number of hydrogen-bond donors (Lipinski definition) is 2. The highest BCUT2D eigenvalue weighted by Crippen LogP contribution is 2.39. The summed E-state index contributed by atoms with van der Waals surface area (Å²) in [6.07, 6.45) is 0.576. The van der Waals surface area contributed by atoms with Crippen LogP contribution in [0.5, 0.6) is 0 Å². The molecule has 3 heterocycles. The van der Waals surface area contributed by atoms with Gasteiger partial charge in [-0.2, -0.15) is 13.2 Å². The largest absolute Gasteiger partial charge is 0.418 e. The number of benzene rings is 2. The third kappa shape index (κ3) is 6.20. The van der Waals surface area contributed by atoms with Crippen LogP contribution < -0.4 is 15.5 Å². The van der Waals surface area contributed by atoms with Crippen LogP contribution in [-0.4, -0.2) is 40.4 Å². The van der Waals surface area contributed by atoms with Gasteiger partial charge < -0.3 is 15.5 Å². The molecular formula is C31H24F3N7O2. The van der Waals surface area contributed by atoms with Crippen molar-refractivity contribution in [2.24, 2.45) is 0 Å². The fourth-order valence-electron chi connectivity index (χ4n) is 4.67. The molecule has 0 unspecified atom stereocenters. The Morgan fingerprint density at radius 2 is 1.95 bits per heavy atom. The van der Waals surface area contributed by atoms with Crippen LogP contribution in [0.25, 0.3) is 16.1 Å². The highest BCUT2D eigenvalue weighted by Gasteiger charge is 2.37. The highest BCUT2D eigenvalue weighted by molar-refractivity contribution is 6.04. The Morgan fingerprint density at radius 3 is 2.67 bits per heavy atom. The van der Waals surface area contributed by atoms with Crippen molar-refractivity contribution in [3.63, 3.8) is 0 Å². The van der Waals surface area contributed by atoms with Crippen LogP contribution in [0.1, 0.15) is 32.9 Å². The number of carbonyl (C=O) groups is 2. The van der Waals surface area contributed by atoms with Crippen molar-refractivity contribution in [3.05, 3.63) is 124 Å². The van der Waals surface area contributed by atoms with Crippen LogP contribution >= 0.6 is 0 Å². The van der Waals surface area contributed by atoms with Crippen molar-refractivity contribution < 1.29 is 22.8 Å². The molecule has 216 valence electrons. The molecule has 0 spiro atoms. The van der Waals surface area contributed by atoms with E-state index in [2.05, 4.69) is 30.4 Å². The maximum Gasteiger partial charge on any atom is 0.418 e. The number of aryl methyl sites for hydroxylation is 1. The smallest absolute Gasteiger partial charge is 0.357 e. The Hall–Kier alpha value is -5.57. The summed E-state index contributed by atoms with van der Waals surface area (Å²) in [5.41, 5.74) is 1.98. The van der Waals surface area contributed by atoms with Crippen LogP contribution in [0.2, 0.25) is 0 Å². The van der Waals surface area contributed by atoms with Crippen molar-refractivity contribution in [2.75, 3.05) is 23.8 Å². The number of hydrogen-bond acceptors (Lipinski definition) is 6. The van der Waals surface area contributed by atoms with Gasteiger partial charge in [-0.05, 0) is 66.6 Å². The maximum absolute atomic E-state index is 14.1. The third-order valence-corrected chi connectivity index (χ3v) is 6.97. The number of aromatic nitrogens is 3. The third-order valence-electron chi connectivity index (χ3n) is 6.97. The number of likely N-dealkylation sites (N-methyl/N-ethyl adjacent to an activating group) is 1. The predicted molar refractivity (Wildman–Crippen MR) is 154 cm³/mol. The van der Waals surface area contributed by atoms with Gasteiger partial charge in [0.25, 0.3) is 17.5 Å². The molecule has 43 heavy (non-hydrogen) atoms. The molecule has 12 heteroatoms. The number of rotatable bonds is 7. The maximum atomic E-state index is 14.1. The molecule has 0 atom stereocenters. The lowest BCUT2D eigenvalue weighted by Gasteiger charge is -2.25. The van der Waals surface area contributed by atoms with Gasteiger partial charge in [-0.25, -0.2) is 14.8 Å². The molecule has 2 aromatic carbocycles. The Bertz CT molecular complexity index is 1800. The van der Waals surface area contributed by atoms with Crippen LogP contribution in [0, 0.1) is 13.5 Å². The molecule has 0 fully saturated rings. The summed E-state index contributed by atoms with van der Waals surface area (Å²) >= 11 is 0. The fourth-order valence-corrected chi connectivity index (χ4v) is 4.67. The minimum absolute atomic E-state index is 0.0656. The molecule has 5 rings (SSSR count). The molecule has 2 amide bonds. The van der Waals surface area contributed by atoms with E-state index in [1.165, 1.54) is 19.2 Å². The van der Waals surface area contributed by atoms with E-state index in [1.807, 2.05) is 19.1 Å². The lowest BCUT2D eigenvalue weighted by atomic mass is 10.0. The second kappa shape index (κ2) is 11.7. The van der Waals surface area contributed by atoms with Gasteiger partial charge in [-0.15, -0.1) is 0 Å². The number of amides is 2. The summed E-state index contributed by atoms with van der Waals surface area (Å²) in [5.74, 6) is -0.698. The van der Waals surface area contributed by atoms with E-state index in [0.717, 1.165) is 27.7 Å². The van der Waals surface area contributed by atoms with Crippen LogP contribution in [-0.2, 0) is 17.4 Å². The molecule has 4 aromatic rings. The monoisotopic (exact) mass is 583 g/mol. The van der Waals surface area contributed by atoms with E-state index in [1.54, 1.807) is 42.9 Å². The topological polar surface area (TPSA) is 104 Å². The minimum atomic E-state index is -4.78. The normalized spacial score (nSPS) is 13.0. The predicted octanol–water partition coefficient (Wildman–Crippen LogP) is 5.41. The van der Waals surface area contributed by atoms with Crippen molar-refractivity contribution in [2.45, 2.75) is 19.5 Å². The molecule has 2 aromatic heterocycles. The highest BCUT2D eigenvalue weighted by atomic mass is 19.4. The van der Waals surface area contributed by atoms with E-state index < -0.39 is 23.6 Å². The Labute approximate surface area is 244 Å². The van der Waals surface area contributed by atoms with Crippen LogP contribution in [0.15, 0.2) is 84.6 Å². The van der Waals surface area contributed by atoms with Gasteiger partial charge in [0.15, 0.2) is 0 Å². The van der Waals surface area contributed by atoms with Gasteiger partial charge in [-0.1, -0.05) is 6.07 Å². The first kappa shape index (κ1) is 28.9. The molecular weight excluding hydrogens is 559 g/mol. The summed E-state index contributed by atoms with van der Waals surface area (Å²) in [6, 6.07) is 13.9. The molecule has 0 saturated carbocycles. The van der Waals surface area contributed by atoms with Crippen molar-refractivity contribution in [3.8, 4) is 11.3 Å².